The summed E-state index contributed by atoms with van der Waals surface area (Å²) in [5.41, 5.74) is 0. The van der Waals surface area contributed by atoms with Crippen molar-refractivity contribution in [2.45, 2.75) is 45.4 Å². The van der Waals surface area contributed by atoms with Crippen molar-refractivity contribution < 1.29 is 19.5 Å². The van der Waals surface area contributed by atoms with Gasteiger partial charge in [-0.05, 0) is 12.8 Å². The first-order valence-corrected chi connectivity index (χ1v) is 6.16. The third-order valence-electron chi connectivity index (χ3n) is 1.64. The van der Waals surface area contributed by atoms with Crippen molar-refractivity contribution in [2.75, 3.05) is 6.61 Å². The van der Waals surface area contributed by atoms with Crippen LogP contribution in [-0.4, -0.2) is 21.3 Å². The predicted molar refractivity (Wildman–Crippen MR) is 58.7 cm³/mol. The Kier molecular flexibility index (Phi) is 18.4. The molecule has 0 aromatic heterocycles. The number of hydrogen-bond acceptors (Lipinski definition) is 6. The molecule has 0 spiro atoms. The second-order valence-electron chi connectivity index (χ2n) is 2.94. The van der Waals surface area contributed by atoms with Crippen LogP contribution in [0.1, 0.15) is 45.4 Å². The lowest BCUT2D eigenvalue weighted by molar-refractivity contribution is 0.135. The van der Waals surface area contributed by atoms with Crippen LogP contribution in [0.15, 0.2) is 5.34 Å². The quantitative estimate of drug-likeness (QED) is 0.262. The fourth-order valence-electron chi connectivity index (χ4n) is 0.984. The minimum Gasteiger partial charge on any atom is -0.364 e. The van der Waals surface area contributed by atoms with Crippen LogP contribution >= 0.6 is 8.60 Å². The van der Waals surface area contributed by atoms with E-state index in [-0.39, 0.29) is 0 Å². The van der Waals surface area contributed by atoms with Gasteiger partial charge in [-0.15, -0.1) is 4.91 Å². The summed E-state index contributed by atoms with van der Waals surface area (Å²) in [6, 6.07) is 0. The van der Waals surface area contributed by atoms with Gasteiger partial charge in [-0.25, -0.2) is 0 Å². The Balaban J connectivity index is 0. The molecule has 7 heteroatoms. The van der Waals surface area contributed by atoms with Crippen LogP contribution < -0.4 is 0 Å². The summed E-state index contributed by atoms with van der Waals surface area (Å²) in [6.07, 6.45) is 7.23. The molecular formula is C8H20NO5P. The summed E-state index contributed by atoms with van der Waals surface area (Å²) in [4.78, 5) is 35.5. The average molecular weight is 241 g/mol. The molecule has 0 heterocycles. The first-order valence-electron chi connectivity index (χ1n) is 4.96. The van der Waals surface area contributed by atoms with E-state index in [2.05, 4.69) is 17.1 Å². The maximum absolute atomic E-state index is 9.47. The van der Waals surface area contributed by atoms with Gasteiger partial charge >= 0.3 is 8.60 Å². The van der Waals surface area contributed by atoms with E-state index < -0.39 is 8.60 Å². The lowest BCUT2D eigenvalue weighted by Gasteiger charge is -1.97. The monoisotopic (exact) mass is 241 g/mol. The second kappa shape index (κ2) is 16.2. The van der Waals surface area contributed by atoms with E-state index in [1.807, 2.05) is 0 Å². The fourth-order valence-corrected chi connectivity index (χ4v) is 0.984. The molecule has 0 aliphatic carbocycles. The summed E-state index contributed by atoms with van der Waals surface area (Å²) in [5.74, 6) is 0. The van der Waals surface area contributed by atoms with Crippen LogP contribution in [0.4, 0.5) is 0 Å². The molecule has 92 valence electrons. The summed E-state index contributed by atoms with van der Waals surface area (Å²) in [6.45, 7) is 2.68. The lowest BCUT2D eigenvalue weighted by Crippen LogP contribution is -1.86. The van der Waals surface area contributed by atoms with Crippen molar-refractivity contribution in [3.63, 3.8) is 0 Å². The largest absolute Gasteiger partial charge is 0.364 e. The van der Waals surface area contributed by atoms with Gasteiger partial charge in [-0.3, -0.25) is 0 Å². The average Bonchev–Trinajstić information content (AvgIpc) is 2.16. The van der Waals surface area contributed by atoms with Crippen molar-refractivity contribution in [1.29, 1.82) is 0 Å². The van der Waals surface area contributed by atoms with Crippen LogP contribution in [0, 0.1) is 4.91 Å². The number of nitrogens with zero attached hydrogens (tertiary/aromatic N) is 1. The zero-order valence-electron chi connectivity index (χ0n) is 9.00. The molecule has 0 aromatic carbocycles. The summed E-state index contributed by atoms with van der Waals surface area (Å²) < 4.78 is 0. The molecule has 0 amide bonds. The van der Waals surface area contributed by atoms with Crippen LogP contribution in [0.5, 0.6) is 0 Å². The topological polar surface area (TPSA) is 99.4 Å². The molecule has 0 fully saturated rings. The second-order valence-corrected chi connectivity index (χ2v) is 3.48. The molecule has 0 rings (SSSR count). The molecule has 0 unspecified atom stereocenters. The van der Waals surface area contributed by atoms with Gasteiger partial charge < -0.3 is 19.5 Å². The summed E-state index contributed by atoms with van der Waals surface area (Å²) in [7, 11) is -2.62. The first kappa shape index (κ1) is 17.1. The van der Waals surface area contributed by atoms with E-state index in [0.29, 0.717) is 6.61 Å². The summed E-state index contributed by atoms with van der Waals surface area (Å²) >= 11 is 0. The Bertz CT molecular complexity index is 123. The highest BCUT2D eigenvalue weighted by Crippen LogP contribution is 2.11. The molecule has 15 heavy (non-hydrogen) atoms. The molecule has 0 aromatic rings. The molecule has 0 saturated heterocycles. The number of hydrogen-bond donors (Lipinski definition) is 3. The Morgan fingerprint density at radius 3 is 2.00 bits per heavy atom. The van der Waals surface area contributed by atoms with Gasteiger partial charge in [0, 0.05) is 0 Å². The lowest BCUT2D eigenvalue weighted by atomic mass is 10.1. The van der Waals surface area contributed by atoms with Gasteiger partial charge in [0.2, 0.25) is 0 Å². The van der Waals surface area contributed by atoms with Crippen LogP contribution in [-0.2, 0) is 4.84 Å². The van der Waals surface area contributed by atoms with Gasteiger partial charge in [0.05, 0.1) is 0 Å². The van der Waals surface area contributed by atoms with E-state index in [9.17, 15) is 4.91 Å². The third-order valence-corrected chi connectivity index (χ3v) is 1.64. The first-order chi connectivity index (χ1) is 7.15. The van der Waals surface area contributed by atoms with E-state index in [4.69, 9.17) is 14.7 Å². The fraction of sp³-hybridized carbons (Fsp3) is 1.00. The van der Waals surface area contributed by atoms with E-state index >= 15 is 0 Å². The van der Waals surface area contributed by atoms with Gasteiger partial charge in [0.15, 0.2) is 5.34 Å². The minimum absolute atomic E-state index is 0.482. The highest BCUT2D eigenvalue weighted by molar-refractivity contribution is 7.38. The minimum atomic E-state index is -2.62. The SMILES string of the molecule is CCCCCCCCON=O.OP(O)O. The smallest absolute Gasteiger partial charge is 0.324 e. The standard InChI is InChI=1S/C8H17NO2.H3O3P/c1-2-3-4-5-6-7-8-11-9-10;1-4(2)3/h2-8H2,1H3;1-3H. The van der Waals surface area contributed by atoms with Gasteiger partial charge in [-0.2, -0.15) is 0 Å². The van der Waals surface area contributed by atoms with Crippen molar-refractivity contribution in [1.82, 2.24) is 0 Å². The molecule has 0 saturated carbocycles. The normalized spacial score (nSPS) is 9.40. The molecule has 0 aliphatic rings. The zero-order valence-corrected chi connectivity index (χ0v) is 9.90. The highest BCUT2D eigenvalue weighted by atomic mass is 31.2. The van der Waals surface area contributed by atoms with Crippen molar-refractivity contribution in [2.24, 2.45) is 5.34 Å². The van der Waals surface area contributed by atoms with E-state index in [1.165, 1.54) is 25.7 Å². The molecule has 6 nitrogen and oxygen atoms in total. The van der Waals surface area contributed by atoms with Crippen molar-refractivity contribution >= 4 is 8.60 Å². The summed E-state index contributed by atoms with van der Waals surface area (Å²) in [5, 5.41) is 2.32. The predicted octanol–water partition coefficient (Wildman–Crippen LogP) is 2.24. The van der Waals surface area contributed by atoms with Crippen LogP contribution in [0.2, 0.25) is 0 Å². The molecule has 3 N–H and O–H groups in total. The Hall–Kier alpha value is -0.290. The maximum Gasteiger partial charge on any atom is 0.324 e. The maximum atomic E-state index is 9.47. The van der Waals surface area contributed by atoms with Gasteiger partial charge in [-0.1, -0.05) is 32.6 Å². The Labute approximate surface area is 91.2 Å². The van der Waals surface area contributed by atoms with Crippen molar-refractivity contribution in [3.8, 4) is 0 Å². The zero-order chi connectivity index (χ0) is 11.9. The Morgan fingerprint density at radius 1 is 1.07 bits per heavy atom. The molecule has 0 radical (unpaired) electrons. The van der Waals surface area contributed by atoms with E-state index in [0.717, 1.165) is 12.8 Å². The number of unbranched alkanes of at least 4 members (excludes halogenated alkanes) is 5. The molecule has 0 atom stereocenters. The molecule has 0 bridgehead atoms. The van der Waals surface area contributed by atoms with Crippen LogP contribution in [0.25, 0.3) is 0 Å². The highest BCUT2D eigenvalue weighted by Gasteiger charge is 1.89. The molecular weight excluding hydrogens is 221 g/mol. The van der Waals surface area contributed by atoms with Crippen molar-refractivity contribution in [3.05, 3.63) is 4.91 Å². The molecule has 0 aliphatic heterocycles. The third kappa shape index (κ3) is 31.6. The number of rotatable bonds is 8. The van der Waals surface area contributed by atoms with E-state index in [1.54, 1.807) is 0 Å². The van der Waals surface area contributed by atoms with Gasteiger partial charge in [0.1, 0.15) is 6.61 Å². The Morgan fingerprint density at radius 2 is 1.53 bits per heavy atom. The van der Waals surface area contributed by atoms with Crippen LogP contribution in [0.3, 0.4) is 0 Å². The van der Waals surface area contributed by atoms with Gasteiger partial charge in [0.25, 0.3) is 0 Å².